The van der Waals surface area contributed by atoms with E-state index in [0.29, 0.717) is 5.56 Å². The van der Waals surface area contributed by atoms with Crippen LogP contribution in [-0.2, 0) is 11.2 Å². The molecule has 1 aliphatic rings. The first-order valence-corrected chi connectivity index (χ1v) is 10.7. The Bertz CT molecular complexity index is 960. The van der Waals surface area contributed by atoms with Gasteiger partial charge in [-0.25, -0.2) is 4.98 Å². The molecule has 1 aliphatic heterocycles. The third-order valence-corrected chi connectivity index (χ3v) is 6.56. The molecule has 144 valence electrons. The number of rotatable bonds is 6. The maximum absolute atomic E-state index is 12.8. The van der Waals surface area contributed by atoms with Gasteiger partial charge < -0.3 is 4.90 Å². The zero-order valence-electron chi connectivity index (χ0n) is 16.1. The van der Waals surface area contributed by atoms with Crippen molar-refractivity contribution in [1.29, 1.82) is 0 Å². The number of carbonyl (C=O) groups is 2. The van der Waals surface area contributed by atoms with Gasteiger partial charge in [0.1, 0.15) is 5.01 Å². The Morgan fingerprint density at radius 3 is 2.64 bits per heavy atom. The molecule has 0 aliphatic carbocycles. The van der Waals surface area contributed by atoms with Crippen LogP contribution in [0.4, 0.5) is 0 Å². The van der Waals surface area contributed by atoms with Crippen molar-refractivity contribution >= 4 is 33.2 Å². The Balaban J connectivity index is 1.41. The second kappa shape index (κ2) is 8.23. The van der Waals surface area contributed by atoms with Gasteiger partial charge in [-0.3, -0.25) is 9.59 Å². The summed E-state index contributed by atoms with van der Waals surface area (Å²) < 4.78 is 1.16. The number of amides is 1. The zero-order chi connectivity index (χ0) is 19.5. The Kier molecular flexibility index (Phi) is 5.53. The molecule has 2 aromatic carbocycles. The molecular weight excluding hydrogens is 368 g/mol. The van der Waals surface area contributed by atoms with Gasteiger partial charge in [0.05, 0.1) is 16.3 Å². The maximum atomic E-state index is 12.8. The fourth-order valence-corrected chi connectivity index (χ4v) is 4.90. The van der Waals surface area contributed by atoms with E-state index in [1.165, 1.54) is 5.56 Å². The van der Waals surface area contributed by atoms with Gasteiger partial charge >= 0.3 is 0 Å². The van der Waals surface area contributed by atoms with Gasteiger partial charge in [0.2, 0.25) is 5.91 Å². The fraction of sp³-hybridized carbons (Fsp3) is 0.348. The van der Waals surface area contributed by atoms with Crippen molar-refractivity contribution in [3.8, 4) is 0 Å². The number of ketones is 1. The lowest BCUT2D eigenvalue weighted by atomic mass is 10.0. The molecule has 0 bridgehead atoms. The van der Waals surface area contributed by atoms with E-state index < -0.39 is 0 Å². The standard InChI is InChI=1S/C23H24N2O2S/c1-2-16-9-11-17(12-10-16)20(26)13-14-22(27)25-15-5-7-19(25)23-24-18-6-3-4-8-21(18)28-23/h3-4,6,8-12,19H,2,5,7,13-15H2,1H3/t19-/m0/s1. The summed E-state index contributed by atoms with van der Waals surface area (Å²) in [5.41, 5.74) is 2.89. The Morgan fingerprint density at radius 1 is 1.11 bits per heavy atom. The van der Waals surface area contributed by atoms with Crippen molar-refractivity contribution in [1.82, 2.24) is 9.88 Å². The van der Waals surface area contributed by atoms with Crippen molar-refractivity contribution in [2.75, 3.05) is 6.54 Å². The van der Waals surface area contributed by atoms with Crippen molar-refractivity contribution in [2.24, 2.45) is 0 Å². The minimum absolute atomic E-state index is 0.0340. The number of hydrogen-bond donors (Lipinski definition) is 0. The molecule has 1 fully saturated rings. The van der Waals surface area contributed by atoms with E-state index in [0.717, 1.165) is 41.0 Å². The van der Waals surface area contributed by atoms with E-state index in [-0.39, 0.29) is 30.6 Å². The SMILES string of the molecule is CCc1ccc(C(=O)CCC(=O)N2CCC[C@H]2c2nc3ccccc3s2)cc1. The largest absolute Gasteiger partial charge is 0.333 e. The number of fused-ring (bicyclic) bond motifs is 1. The smallest absolute Gasteiger partial charge is 0.223 e. The summed E-state index contributed by atoms with van der Waals surface area (Å²) >= 11 is 1.67. The summed E-state index contributed by atoms with van der Waals surface area (Å²) in [6.07, 6.45) is 3.40. The lowest BCUT2D eigenvalue weighted by Crippen LogP contribution is -2.30. The number of thiazole rings is 1. The Morgan fingerprint density at radius 2 is 1.89 bits per heavy atom. The number of nitrogens with zero attached hydrogens (tertiary/aromatic N) is 2. The molecule has 4 rings (SSSR count). The van der Waals surface area contributed by atoms with Crippen molar-refractivity contribution in [3.63, 3.8) is 0 Å². The molecule has 3 aromatic rings. The highest BCUT2D eigenvalue weighted by Gasteiger charge is 2.32. The van der Waals surface area contributed by atoms with Crippen LogP contribution >= 0.6 is 11.3 Å². The molecule has 1 amide bonds. The van der Waals surface area contributed by atoms with Crippen LogP contribution in [0.1, 0.15) is 59.6 Å². The second-order valence-corrected chi connectivity index (χ2v) is 8.30. The maximum Gasteiger partial charge on any atom is 0.223 e. The van der Waals surface area contributed by atoms with Crippen LogP contribution in [0.25, 0.3) is 10.2 Å². The Hall–Kier alpha value is -2.53. The lowest BCUT2D eigenvalue weighted by molar-refractivity contribution is -0.132. The van der Waals surface area contributed by atoms with Crippen LogP contribution in [0.2, 0.25) is 0 Å². The van der Waals surface area contributed by atoms with Crippen LogP contribution in [0.5, 0.6) is 0 Å². The number of aromatic nitrogens is 1. The molecule has 0 radical (unpaired) electrons. The van der Waals surface area contributed by atoms with Gasteiger partial charge in [-0.1, -0.05) is 43.3 Å². The summed E-state index contributed by atoms with van der Waals surface area (Å²) in [6, 6.07) is 15.8. The van der Waals surface area contributed by atoms with Crippen LogP contribution < -0.4 is 0 Å². The second-order valence-electron chi connectivity index (χ2n) is 7.24. The first-order chi connectivity index (χ1) is 13.7. The number of hydrogen-bond acceptors (Lipinski definition) is 4. The summed E-state index contributed by atoms with van der Waals surface area (Å²) in [5.74, 6) is 0.0898. The highest BCUT2D eigenvalue weighted by atomic mass is 32.1. The number of benzene rings is 2. The van der Waals surface area contributed by atoms with Gasteiger partial charge in [-0.15, -0.1) is 11.3 Å². The average molecular weight is 393 g/mol. The van der Waals surface area contributed by atoms with E-state index in [2.05, 4.69) is 13.0 Å². The number of Topliss-reactive ketones (excluding diaryl/α,β-unsaturated/α-hetero) is 1. The zero-order valence-corrected chi connectivity index (χ0v) is 16.9. The number of carbonyl (C=O) groups excluding carboxylic acids is 2. The molecule has 1 atom stereocenters. The summed E-state index contributed by atoms with van der Waals surface area (Å²) in [5, 5.41) is 1.01. The first kappa shape index (κ1) is 18.8. The normalized spacial score (nSPS) is 16.6. The van der Waals surface area contributed by atoms with Gasteiger partial charge in [0.25, 0.3) is 0 Å². The monoisotopic (exact) mass is 392 g/mol. The molecule has 0 saturated carbocycles. The van der Waals surface area contributed by atoms with Gasteiger partial charge in [0.15, 0.2) is 5.78 Å². The van der Waals surface area contributed by atoms with Crippen LogP contribution in [-0.4, -0.2) is 28.1 Å². The number of aryl methyl sites for hydroxylation is 1. The molecule has 1 saturated heterocycles. The molecule has 5 heteroatoms. The molecule has 0 N–H and O–H groups in total. The third-order valence-electron chi connectivity index (χ3n) is 5.42. The summed E-state index contributed by atoms with van der Waals surface area (Å²) in [6.45, 7) is 2.84. The van der Waals surface area contributed by atoms with Gasteiger partial charge in [-0.05, 0) is 37.0 Å². The van der Waals surface area contributed by atoms with Gasteiger partial charge in [-0.2, -0.15) is 0 Å². The van der Waals surface area contributed by atoms with E-state index in [9.17, 15) is 9.59 Å². The fourth-order valence-electron chi connectivity index (χ4n) is 3.79. The highest BCUT2D eigenvalue weighted by molar-refractivity contribution is 7.18. The first-order valence-electron chi connectivity index (χ1n) is 9.93. The van der Waals surface area contributed by atoms with E-state index in [1.54, 1.807) is 11.3 Å². The van der Waals surface area contributed by atoms with Crippen molar-refractivity contribution < 1.29 is 9.59 Å². The van der Waals surface area contributed by atoms with Crippen molar-refractivity contribution in [3.05, 3.63) is 64.7 Å². The molecular formula is C23H24N2O2S. The number of likely N-dealkylation sites (tertiary alicyclic amines) is 1. The predicted molar refractivity (Wildman–Crippen MR) is 113 cm³/mol. The topological polar surface area (TPSA) is 50.3 Å². The summed E-state index contributed by atoms with van der Waals surface area (Å²) in [7, 11) is 0. The predicted octanol–water partition coefficient (Wildman–Crippen LogP) is 5.19. The number of para-hydroxylation sites is 1. The Labute approximate surface area is 169 Å². The molecule has 0 unspecified atom stereocenters. The average Bonchev–Trinajstić information content (AvgIpc) is 3.38. The van der Waals surface area contributed by atoms with Crippen molar-refractivity contribution in [2.45, 2.75) is 45.1 Å². The van der Waals surface area contributed by atoms with E-state index >= 15 is 0 Å². The molecule has 28 heavy (non-hydrogen) atoms. The third kappa shape index (κ3) is 3.85. The van der Waals surface area contributed by atoms with Gasteiger partial charge in [0, 0.05) is 24.9 Å². The minimum atomic E-state index is 0.0340. The van der Waals surface area contributed by atoms with Crippen LogP contribution in [0.15, 0.2) is 48.5 Å². The minimum Gasteiger partial charge on any atom is -0.333 e. The summed E-state index contributed by atoms with van der Waals surface area (Å²) in [4.78, 5) is 31.9. The lowest BCUT2D eigenvalue weighted by Gasteiger charge is -2.23. The van der Waals surface area contributed by atoms with Crippen LogP contribution in [0, 0.1) is 0 Å². The highest BCUT2D eigenvalue weighted by Crippen LogP contribution is 2.36. The van der Waals surface area contributed by atoms with E-state index in [4.69, 9.17) is 4.98 Å². The van der Waals surface area contributed by atoms with E-state index in [1.807, 2.05) is 47.4 Å². The quantitative estimate of drug-likeness (QED) is 0.543. The van der Waals surface area contributed by atoms with Crippen LogP contribution in [0.3, 0.4) is 0 Å². The molecule has 0 spiro atoms. The molecule has 4 nitrogen and oxygen atoms in total. The molecule has 2 heterocycles. The molecule has 1 aromatic heterocycles.